The Morgan fingerprint density at radius 1 is 1.33 bits per heavy atom. The van der Waals surface area contributed by atoms with E-state index in [0.717, 1.165) is 12.0 Å². The summed E-state index contributed by atoms with van der Waals surface area (Å²) in [6.07, 6.45) is 1.19. The molecule has 0 unspecified atom stereocenters. The number of aromatic nitrogens is 2. The third kappa shape index (κ3) is 3.69. The van der Waals surface area contributed by atoms with Gasteiger partial charge in [0.1, 0.15) is 0 Å². The Kier molecular flexibility index (Phi) is 4.06. The molecule has 0 saturated carbocycles. The molecule has 1 aromatic heterocycles. The lowest BCUT2D eigenvalue weighted by Crippen LogP contribution is -2.23. The monoisotopic (exact) mass is 245 g/mol. The van der Waals surface area contributed by atoms with Crippen LogP contribution in [0.5, 0.6) is 0 Å². The van der Waals surface area contributed by atoms with E-state index in [1.165, 1.54) is 0 Å². The second-order valence-electron chi connectivity index (χ2n) is 4.00. The lowest BCUT2D eigenvalue weighted by molar-refractivity contribution is -0.121. The van der Waals surface area contributed by atoms with Gasteiger partial charge in [0.15, 0.2) is 5.82 Å². The van der Waals surface area contributed by atoms with Crippen molar-refractivity contribution in [1.29, 1.82) is 0 Å². The SMILES string of the molecule is Cc1noc(CNC(=O)CCc2ccccc2)n1. The van der Waals surface area contributed by atoms with Gasteiger partial charge in [-0.15, -0.1) is 0 Å². The minimum absolute atomic E-state index is 0.0188. The van der Waals surface area contributed by atoms with Crippen molar-refractivity contribution in [2.45, 2.75) is 26.3 Å². The Morgan fingerprint density at radius 3 is 2.78 bits per heavy atom. The molecule has 1 N–H and O–H groups in total. The molecule has 5 heteroatoms. The molecule has 0 atom stereocenters. The average molecular weight is 245 g/mol. The van der Waals surface area contributed by atoms with Gasteiger partial charge in [-0.25, -0.2) is 0 Å². The zero-order valence-corrected chi connectivity index (χ0v) is 10.2. The molecule has 1 amide bonds. The van der Waals surface area contributed by atoms with Gasteiger partial charge in [0.05, 0.1) is 6.54 Å². The summed E-state index contributed by atoms with van der Waals surface area (Å²) >= 11 is 0. The van der Waals surface area contributed by atoms with Crippen LogP contribution in [0.3, 0.4) is 0 Å². The molecule has 0 saturated heterocycles. The summed E-state index contributed by atoms with van der Waals surface area (Å²) in [5.74, 6) is 0.985. The predicted octanol–water partition coefficient (Wildman–Crippen LogP) is 1.63. The molecule has 0 aliphatic heterocycles. The summed E-state index contributed by atoms with van der Waals surface area (Å²) in [5, 5.41) is 6.40. The largest absolute Gasteiger partial charge is 0.347 e. The van der Waals surface area contributed by atoms with Crippen LogP contribution in [0, 0.1) is 6.92 Å². The molecule has 1 aromatic carbocycles. The number of hydrogen-bond acceptors (Lipinski definition) is 4. The molecular formula is C13H15N3O2. The van der Waals surface area contributed by atoms with Gasteiger partial charge in [0.25, 0.3) is 0 Å². The van der Waals surface area contributed by atoms with Crippen LogP contribution in [0.2, 0.25) is 0 Å². The summed E-state index contributed by atoms with van der Waals surface area (Å²) in [7, 11) is 0. The Balaban J connectivity index is 1.73. The van der Waals surface area contributed by atoms with E-state index >= 15 is 0 Å². The second kappa shape index (κ2) is 5.95. The molecule has 0 aliphatic rings. The van der Waals surface area contributed by atoms with Gasteiger partial charge in [-0.2, -0.15) is 4.98 Å². The third-order valence-electron chi connectivity index (χ3n) is 2.49. The highest BCUT2D eigenvalue weighted by atomic mass is 16.5. The molecular weight excluding hydrogens is 230 g/mol. The Hall–Kier alpha value is -2.17. The molecule has 1 heterocycles. The second-order valence-corrected chi connectivity index (χ2v) is 4.00. The summed E-state index contributed by atoms with van der Waals surface area (Å²) < 4.78 is 4.90. The number of amides is 1. The molecule has 0 radical (unpaired) electrons. The van der Waals surface area contributed by atoms with E-state index < -0.39 is 0 Å². The van der Waals surface area contributed by atoms with Crippen molar-refractivity contribution in [2.75, 3.05) is 0 Å². The number of nitrogens with zero attached hydrogens (tertiary/aromatic N) is 2. The summed E-state index contributed by atoms with van der Waals surface area (Å²) in [6.45, 7) is 2.03. The van der Waals surface area contributed by atoms with Gasteiger partial charge in [-0.1, -0.05) is 35.5 Å². The van der Waals surface area contributed by atoms with Crippen molar-refractivity contribution in [3.8, 4) is 0 Å². The first kappa shape index (κ1) is 12.3. The van der Waals surface area contributed by atoms with Crippen molar-refractivity contribution < 1.29 is 9.32 Å². The lowest BCUT2D eigenvalue weighted by atomic mass is 10.1. The minimum Gasteiger partial charge on any atom is -0.347 e. The van der Waals surface area contributed by atoms with E-state index in [-0.39, 0.29) is 12.5 Å². The standard InChI is InChI=1S/C13H15N3O2/c1-10-15-13(18-16-10)9-14-12(17)8-7-11-5-3-2-4-6-11/h2-6H,7-9H2,1H3,(H,14,17). The van der Waals surface area contributed by atoms with Crippen LogP contribution < -0.4 is 5.32 Å². The highest BCUT2D eigenvalue weighted by Gasteiger charge is 2.06. The van der Waals surface area contributed by atoms with Crippen LogP contribution >= 0.6 is 0 Å². The highest BCUT2D eigenvalue weighted by Crippen LogP contribution is 2.02. The smallest absolute Gasteiger partial charge is 0.246 e. The molecule has 18 heavy (non-hydrogen) atoms. The maximum atomic E-state index is 11.6. The molecule has 2 rings (SSSR count). The fourth-order valence-corrected chi connectivity index (χ4v) is 1.58. The van der Waals surface area contributed by atoms with Crippen LogP contribution in [-0.2, 0) is 17.8 Å². The van der Waals surface area contributed by atoms with E-state index in [2.05, 4.69) is 15.5 Å². The van der Waals surface area contributed by atoms with E-state index in [0.29, 0.717) is 18.1 Å². The van der Waals surface area contributed by atoms with Gasteiger partial charge < -0.3 is 9.84 Å². The zero-order valence-electron chi connectivity index (χ0n) is 10.2. The number of nitrogens with one attached hydrogen (secondary N) is 1. The van der Waals surface area contributed by atoms with Crippen LogP contribution in [0.1, 0.15) is 23.7 Å². The Bertz CT molecular complexity index is 508. The first-order valence-corrected chi connectivity index (χ1v) is 5.84. The first-order chi connectivity index (χ1) is 8.74. The zero-order chi connectivity index (χ0) is 12.8. The number of aryl methyl sites for hydroxylation is 2. The van der Waals surface area contributed by atoms with Crippen molar-refractivity contribution in [3.63, 3.8) is 0 Å². The first-order valence-electron chi connectivity index (χ1n) is 5.84. The van der Waals surface area contributed by atoms with Gasteiger partial charge >= 0.3 is 0 Å². The lowest BCUT2D eigenvalue weighted by Gasteiger charge is -2.02. The molecule has 0 bridgehead atoms. The highest BCUT2D eigenvalue weighted by molar-refractivity contribution is 5.76. The molecule has 5 nitrogen and oxygen atoms in total. The molecule has 0 fully saturated rings. The van der Waals surface area contributed by atoms with Crippen molar-refractivity contribution >= 4 is 5.91 Å². The van der Waals surface area contributed by atoms with Crippen molar-refractivity contribution in [2.24, 2.45) is 0 Å². The topological polar surface area (TPSA) is 68.0 Å². The normalized spacial score (nSPS) is 10.3. The molecule has 0 spiro atoms. The van der Waals surface area contributed by atoms with E-state index in [9.17, 15) is 4.79 Å². The molecule has 2 aromatic rings. The van der Waals surface area contributed by atoms with Gasteiger partial charge in [-0.05, 0) is 18.9 Å². The van der Waals surface area contributed by atoms with Crippen molar-refractivity contribution in [1.82, 2.24) is 15.5 Å². The number of carbonyl (C=O) groups is 1. The Morgan fingerprint density at radius 2 is 2.11 bits per heavy atom. The number of benzene rings is 1. The molecule has 0 aliphatic carbocycles. The third-order valence-corrected chi connectivity index (χ3v) is 2.49. The maximum Gasteiger partial charge on any atom is 0.246 e. The van der Waals surface area contributed by atoms with Crippen LogP contribution in [-0.4, -0.2) is 16.0 Å². The Labute approximate surface area is 105 Å². The van der Waals surface area contributed by atoms with E-state index in [1.807, 2.05) is 30.3 Å². The van der Waals surface area contributed by atoms with Crippen LogP contribution in [0.15, 0.2) is 34.9 Å². The maximum absolute atomic E-state index is 11.6. The van der Waals surface area contributed by atoms with E-state index in [1.54, 1.807) is 6.92 Å². The minimum atomic E-state index is -0.0188. The fourth-order valence-electron chi connectivity index (χ4n) is 1.58. The summed E-state index contributed by atoms with van der Waals surface area (Å²) in [6, 6.07) is 9.91. The van der Waals surface area contributed by atoms with Gasteiger partial charge in [0, 0.05) is 6.42 Å². The quantitative estimate of drug-likeness (QED) is 0.869. The van der Waals surface area contributed by atoms with Crippen molar-refractivity contribution in [3.05, 3.63) is 47.6 Å². The van der Waals surface area contributed by atoms with Crippen LogP contribution in [0.25, 0.3) is 0 Å². The van der Waals surface area contributed by atoms with Gasteiger partial charge in [0.2, 0.25) is 11.8 Å². The number of carbonyl (C=O) groups excluding carboxylic acids is 1. The number of hydrogen-bond donors (Lipinski definition) is 1. The summed E-state index contributed by atoms with van der Waals surface area (Å²) in [4.78, 5) is 15.6. The van der Waals surface area contributed by atoms with Gasteiger partial charge in [-0.3, -0.25) is 4.79 Å². The molecule has 94 valence electrons. The fraction of sp³-hybridized carbons (Fsp3) is 0.308. The predicted molar refractivity (Wildman–Crippen MR) is 65.6 cm³/mol. The van der Waals surface area contributed by atoms with E-state index in [4.69, 9.17) is 4.52 Å². The summed E-state index contributed by atoms with van der Waals surface area (Å²) in [5.41, 5.74) is 1.15. The average Bonchev–Trinajstić information content (AvgIpc) is 2.81. The number of rotatable bonds is 5. The van der Waals surface area contributed by atoms with Crippen LogP contribution in [0.4, 0.5) is 0 Å².